The van der Waals surface area contributed by atoms with Crippen LogP contribution in [0.1, 0.15) is 66.2 Å². The Kier molecular flexibility index (Phi) is 4.63. The second kappa shape index (κ2) is 5.53. The van der Waals surface area contributed by atoms with Crippen LogP contribution in [-0.4, -0.2) is 0 Å². The second-order valence-electron chi connectivity index (χ2n) is 5.86. The maximum atomic E-state index is 2.45. The van der Waals surface area contributed by atoms with Gasteiger partial charge in [-0.1, -0.05) is 37.1 Å². The van der Waals surface area contributed by atoms with E-state index in [1.165, 1.54) is 38.5 Å². The summed E-state index contributed by atoms with van der Waals surface area (Å²) in [6.07, 6.45) is 12.6. The molecule has 0 nitrogen and oxygen atoms in total. The monoisotopic (exact) mass is 206 g/mol. The summed E-state index contributed by atoms with van der Waals surface area (Å²) in [5, 5.41) is 0. The average Bonchev–Trinajstić information content (AvgIpc) is 2.15. The van der Waals surface area contributed by atoms with Crippen molar-refractivity contribution in [3.05, 3.63) is 23.3 Å². The first-order chi connectivity index (χ1) is 6.99. The normalized spacial score (nSPS) is 30.7. The molecule has 0 radical (unpaired) electrons. The van der Waals surface area contributed by atoms with Gasteiger partial charge in [0.25, 0.3) is 0 Å². The van der Waals surface area contributed by atoms with E-state index in [0.29, 0.717) is 5.41 Å². The molecule has 0 heteroatoms. The molecule has 0 atom stereocenters. The molecule has 1 aliphatic carbocycles. The van der Waals surface area contributed by atoms with Gasteiger partial charge < -0.3 is 0 Å². The number of hydrogen-bond acceptors (Lipinski definition) is 0. The Labute approximate surface area is 95.5 Å². The van der Waals surface area contributed by atoms with Crippen LogP contribution in [0.2, 0.25) is 0 Å². The van der Waals surface area contributed by atoms with E-state index >= 15 is 0 Å². The average molecular weight is 206 g/mol. The molecular weight excluding hydrogens is 180 g/mol. The standard InChI is InChI=1S/C15H26/c1-13-7-5-8-14(2)10-12-15(3,4)11-6-9-13/h7,10H,5-6,8-9,11-12H2,1-4H3/b13-7-,14-10-. The Morgan fingerprint density at radius 3 is 2.40 bits per heavy atom. The van der Waals surface area contributed by atoms with Gasteiger partial charge in [0.15, 0.2) is 0 Å². The molecule has 0 fully saturated rings. The second-order valence-corrected chi connectivity index (χ2v) is 5.86. The quantitative estimate of drug-likeness (QED) is 0.474. The van der Waals surface area contributed by atoms with Gasteiger partial charge in [0.2, 0.25) is 0 Å². The van der Waals surface area contributed by atoms with E-state index in [1.807, 2.05) is 0 Å². The molecule has 0 N–H and O–H groups in total. The van der Waals surface area contributed by atoms with Crippen molar-refractivity contribution in [1.82, 2.24) is 0 Å². The molecule has 1 aliphatic rings. The van der Waals surface area contributed by atoms with E-state index in [9.17, 15) is 0 Å². The zero-order valence-corrected chi connectivity index (χ0v) is 10.9. The van der Waals surface area contributed by atoms with Crippen LogP contribution >= 0.6 is 0 Å². The maximum absolute atomic E-state index is 2.45. The smallest absolute Gasteiger partial charge is 0.0288 e. The molecule has 0 aliphatic heterocycles. The van der Waals surface area contributed by atoms with Gasteiger partial charge in [0.05, 0.1) is 0 Å². The molecule has 86 valence electrons. The van der Waals surface area contributed by atoms with E-state index in [2.05, 4.69) is 39.8 Å². The third-order valence-electron chi connectivity index (χ3n) is 3.46. The molecule has 0 spiro atoms. The van der Waals surface area contributed by atoms with Crippen molar-refractivity contribution in [2.45, 2.75) is 66.2 Å². The highest BCUT2D eigenvalue weighted by Crippen LogP contribution is 2.30. The first-order valence-electron chi connectivity index (χ1n) is 6.31. The fourth-order valence-electron chi connectivity index (χ4n) is 2.15. The molecule has 1 rings (SSSR count). The van der Waals surface area contributed by atoms with Crippen molar-refractivity contribution >= 4 is 0 Å². The lowest BCUT2D eigenvalue weighted by molar-refractivity contribution is 0.329. The zero-order valence-electron chi connectivity index (χ0n) is 10.9. The highest BCUT2D eigenvalue weighted by atomic mass is 14.2. The van der Waals surface area contributed by atoms with Crippen LogP contribution in [0.3, 0.4) is 0 Å². The van der Waals surface area contributed by atoms with Gasteiger partial charge in [-0.2, -0.15) is 0 Å². The van der Waals surface area contributed by atoms with Gasteiger partial charge in [-0.25, -0.2) is 0 Å². The lowest BCUT2D eigenvalue weighted by atomic mass is 9.83. The molecule has 0 aromatic carbocycles. The van der Waals surface area contributed by atoms with Crippen molar-refractivity contribution in [2.24, 2.45) is 5.41 Å². The van der Waals surface area contributed by atoms with E-state index in [1.54, 1.807) is 11.1 Å². The van der Waals surface area contributed by atoms with E-state index in [-0.39, 0.29) is 0 Å². The fourth-order valence-corrected chi connectivity index (χ4v) is 2.15. The molecule has 0 saturated heterocycles. The van der Waals surface area contributed by atoms with E-state index in [4.69, 9.17) is 0 Å². The fraction of sp³-hybridized carbons (Fsp3) is 0.733. The third kappa shape index (κ3) is 5.20. The summed E-state index contributed by atoms with van der Waals surface area (Å²) in [4.78, 5) is 0. The van der Waals surface area contributed by atoms with Crippen LogP contribution < -0.4 is 0 Å². The van der Waals surface area contributed by atoms with Crippen LogP contribution in [-0.2, 0) is 0 Å². The summed E-state index contributed by atoms with van der Waals surface area (Å²) < 4.78 is 0. The third-order valence-corrected chi connectivity index (χ3v) is 3.46. The van der Waals surface area contributed by atoms with Crippen molar-refractivity contribution in [3.63, 3.8) is 0 Å². The van der Waals surface area contributed by atoms with Crippen LogP contribution in [0.5, 0.6) is 0 Å². The van der Waals surface area contributed by atoms with Crippen molar-refractivity contribution in [3.8, 4) is 0 Å². The predicted molar refractivity (Wildman–Crippen MR) is 69.0 cm³/mol. The van der Waals surface area contributed by atoms with E-state index < -0.39 is 0 Å². The zero-order chi connectivity index (χ0) is 11.3. The Bertz CT molecular complexity index is 253. The van der Waals surface area contributed by atoms with Crippen molar-refractivity contribution < 1.29 is 0 Å². The number of rotatable bonds is 0. The Balaban J connectivity index is 2.66. The molecule has 0 saturated carbocycles. The number of hydrogen-bond donors (Lipinski definition) is 0. The van der Waals surface area contributed by atoms with Crippen LogP contribution in [0.15, 0.2) is 23.3 Å². The minimum Gasteiger partial charge on any atom is -0.0853 e. The summed E-state index contributed by atoms with van der Waals surface area (Å²) in [5.74, 6) is 0. The molecule has 15 heavy (non-hydrogen) atoms. The van der Waals surface area contributed by atoms with Crippen molar-refractivity contribution in [2.75, 3.05) is 0 Å². The molecule has 0 aromatic rings. The lowest BCUT2D eigenvalue weighted by Gasteiger charge is -2.23. The van der Waals surface area contributed by atoms with Crippen molar-refractivity contribution in [1.29, 1.82) is 0 Å². The SMILES string of the molecule is C/C1=C/CC(C)(C)CCC/C(C)=C\CC1. The predicted octanol–water partition coefficient (Wildman–Crippen LogP) is 5.26. The Morgan fingerprint density at radius 1 is 1.00 bits per heavy atom. The summed E-state index contributed by atoms with van der Waals surface area (Å²) in [7, 11) is 0. The highest BCUT2D eigenvalue weighted by Gasteiger charge is 2.16. The molecular formula is C15H26. The highest BCUT2D eigenvalue weighted by molar-refractivity contribution is 5.05. The summed E-state index contributed by atoms with van der Waals surface area (Å²) in [6.45, 7) is 9.35. The molecule has 0 heterocycles. The first-order valence-corrected chi connectivity index (χ1v) is 6.31. The topological polar surface area (TPSA) is 0 Å². The van der Waals surface area contributed by atoms with Crippen LogP contribution in [0.4, 0.5) is 0 Å². The lowest BCUT2D eigenvalue weighted by Crippen LogP contribution is -2.09. The van der Waals surface area contributed by atoms with Gasteiger partial charge in [0, 0.05) is 0 Å². The maximum Gasteiger partial charge on any atom is -0.0288 e. The van der Waals surface area contributed by atoms with Gasteiger partial charge >= 0.3 is 0 Å². The van der Waals surface area contributed by atoms with Crippen LogP contribution in [0, 0.1) is 5.41 Å². The summed E-state index contributed by atoms with van der Waals surface area (Å²) in [5.41, 5.74) is 3.64. The largest absolute Gasteiger partial charge is 0.0853 e. The first kappa shape index (κ1) is 12.5. The summed E-state index contributed by atoms with van der Waals surface area (Å²) >= 11 is 0. The van der Waals surface area contributed by atoms with E-state index in [0.717, 1.165) is 0 Å². The van der Waals surface area contributed by atoms with Gasteiger partial charge in [-0.3, -0.25) is 0 Å². The molecule has 0 unspecified atom stereocenters. The van der Waals surface area contributed by atoms with Gasteiger partial charge in [-0.15, -0.1) is 0 Å². The van der Waals surface area contributed by atoms with Gasteiger partial charge in [0.1, 0.15) is 0 Å². The Morgan fingerprint density at radius 2 is 1.67 bits per heavy atom. The molecule has 0 amide bonds. The minimum atomic E-state index is 0.492. The number of allylic oxidation sites excluding steroid dienone is 4. The summed E-state index contributed by atoms with van der Waals surface area (Å²) in [6, 6.07) is 0. The van der Waals surface area contributed by atoms with Crippen LogP contribution in [0.25, 0.3) is 0 Å². The molecule has 0 aromatic heterocycles. The minimum absolute atomic E-state index is 0.492. The Hall–Kier alpha value is -0.520. The van der Waals surface area contributed by atoms with Gasteiger partial charge in [-0.05, 0) is 57.8 Å². The molecule has 0 bridgehead atoms.